The third-order valence-corrected chi connectivity index (χ3v) is 4.27. The van der Waals surface area contributed by atoms with E-state index in [-0.39, 0.29) is 18.8 Å². The lowest BCUT2D eigenvalue weighted by atomic mass is 10.0. The molecule has 9 heteroatoms. The van der Waals surface area contributed by atoms with Crippen molar-refractivity contribution >= 4 is 41.1 Å². The van der Waals surface area contributed by atoms with Gasteiger partial charge in [-0.2, -0.15) is 0 Å². The summed E-state index contributed by atoms with van der Waals surface area (Å²) in [5.41, 5.74) is 0.384. The van der Waals surface area contributed by atoms with Crippen LogP contribution in [0.5, 0.6) is 0 Å². The number of carbonyl (C=O) groups excluding carboxylic acids is 3. The highest BCUT2D eigenvalue weighted by atomic mass is 35.5. The number of halogens is 1. The summed E-state index contributed by atoms with van der Waals surface area (Å²) in [5.74, 6) is -2.35. The van der Waals surface area contributed by atoms with Gasteiger partial charge in [0.15, 0.2) is 0 Å². The number of amides is 4. The maximum atomic E-state index is 12.4. The average Bonchev–Trinajstić information content (AvgIpc) is 2.85. The molecule has 1 aliphatic heterocycles. The van der Waals surface area contributed by atoms with Crippen molar-refractivity contribution in [1.82, 2.24) is 10.6 Å². The molecule has 140 valence electrons. The van der Waals surface area contributed by atoms with E-state index in [0.717, 1.165) is 4.90 Å². The summed E-state index contributed by atoms with van der Waals surface area (Å²) < 4.78 is 0. The van der Waals surface area contributed by atoms with E-state index in [4.69, 9.17) is 16.7 Å². The quantitative estimate of drug-likeness (QED) is 0.622. The molecule has 0 aliphatic carbocycles. The Kier molecular flexibility index (Phi) is 6.20. The largest absolute Gasteiger partial charge is 0.480 e. The summed E-state index contributed by atoms with van der Waals surface area (Å²) in [7, 11) is 0. The van der Waals surface area contributed by atoms with Crippen LogP contribution in [0.1, 0.15) is 26.7 Å². The zero-order valence-electron chi connectivity index (χ0n) is 14.4. The first-order valence-corrected chi connectivity index (χ1v) is 8.50. The minimum Gasteiger partial charge on any atom is -0.480 e. The molecule has 1 saturated heterocycles. The van der Waals surface area contributed by atoms with E-state index in [0.29, 0.717) is 10.7 Å². The van der Waals surface area contributed by atoms with Crippen LogP contribution in [0.4, 0.5) is 10.5 Å². The summed E-state index contributed by atoms with van der Waals surface area (Å²) in [6, 6.07) is 3.82. The molecule has 0 bridgehead atoms. The van der Waals surface area contributed by atoms with Crippen molar-refractivity contribution in [2.24, 2.45) is 5.92 Å². The molecule has 1 fully saturated rings. The van der Waals surface area contributed by atoms with E-state index in [1.807, 2.05) is 0 Å². The van der Waals surface area contributed by atoms with E-state index in [1.165, 1.54) is 0 Å². The summed E-state index contributed by atoms with van der Waals surface area (Å²) in [4.78, 5) is 48.6. The Morgan fingerprint density at radius 3 is 2.42 bits per heavy atom. The highest BCUT2D eigenvalue weighted by Crippen LogP contribution is 2.23. The number of benzene rings is 1. The van der Waals surface area contributed by atoms with Gasteiger partial charge in [0.25, 0.3) is 5.91 Å². The minimum absolute atomic E-state index is 0.0743. The molecule has 2 atom stereocenters. The Balaban J connectivity index is 1.95. The number of nitrogens with one attached hydrogen (secondary N) is 2. The fourth-order valence-electron chi connectivity index (χ4n) is 2.60. The van der Waals surface area contributed by atoms with Crippen LogP contribution in [0.15, 0.2) is 24.3 Å². The standard InChI is InChI=1S/C17H20ClN3O5/c1-9(2)14(16(24)25)20-13(22)8-7-12-15(23)21(17(26)19-12)11-5-3-10(18)4-6-11/h3-6,9,12,14H,7-8H2,1-2H3,(H,19,26)(H,20,22)(H,24,25)/t12?,14-/m0/s1. The van der Waals surface area contributed by atoms with Gasteiger partial charge in [0, 0.05) is 11.4 Å². The molecule has 2 rings (SSSR count). The van der Waals surface area contributed by atoms with Crippen LogP contribution in [0.2, 0.25) is 5.02 Å². The van der Waals surface area contributed by atoms with E-state index < -0.39 is 35.9 Å². The Morgan fingerprint density at radius 2 is 1.88 bits per heavy atom. The molecule has 1 aliphatic rings. The third kappa shape index (κ3) is 4.51. The number of nitrogens with zero attached hydrogens (tertiary/aromatic N) is 1. The molecular formula is C17H20ClN3O5. The highest BCUT2D eigenvalue weighted by molar-refractivity contribution is 6.30. The number of aliphatic carboxylic acids is 1. The molecule has 3 N–H and O–H groups in total. The SMILES string of the molecule is CC(C)[C@H](NC(=O)CCC1NC(=O)N(c2ccc(Cl)cc2)C1=O)C(=O)O. The van der Waals surface area contributed by atoms with Gasteiger partial charge in [-0.05, 0) is 36.6 Å². The van der Waals surface area contributed by atoms with Crippen molar-refractivity contribution in [1.29, 1.82) is 0 Å². The average molecular weight is 382 g/mol. The van der Waals surface area contributed by atoms with Crippen LogP contribution >= 0.6 is 11.6 Å². The first kappa shape index (κ1) is 19.7. The summed E-state index contributed by atoms with van der Waals surface area (Å²) in [6.45, 7) is 3.37. The maximum absolute atomic E-state index is 12.4. The number of hydrogen-bond donors (Lipinski definition) is 3. The Labute approximate surface area is 155 Å². The minimum atomic E-state index is -1.12. The van der Waals surface area contributed by atoms with Gasteiger partial charge in [0.1, 0.15) is 12.1 Å². The first-order chi connectivity index (χ1) is 12.2. The smallest absolute Gasteiger partial charge is 0.329 e. The number of hydrogen-bond acceptors (Lipinski definition) is 4. The van der Waals surface area contributed by atoms with E-state index in [1.54, 1.807) is 38.1 Å². The summed E-state index contributed by atoms with van der Waals surface area (Å²) in [5, 5.41) is 14.5. The number of imide groups is 1. The molecule has 8 nitrogen and oxygen atoms in total. The molecule has 1 unspecified atom stereocenters. The van der Waals surface area contributed by atoms with Crippen molar-refractivity contribution < 1.29 is 24.3 Å². The fraction of sp³-hybridized carbons (Fsp3) is 0.412. The second kappa shape index (κ2) is 8.18. The van der Waals surface area contributed by atoms with Gasteiger partial charge >= 0.3 is 12.0 Å². The van der Waals surface area contributed by atoms with E-state index >= 15 is 0 Å². The van der Waals surface area contributed by atoms with Crippen molar-refractivity contribution in [2.45, 2.75) is 38.8 Å². The molecule has 0 saturated carbocycles. The maximum Gasteiger partial charge on any atom is 0.329 e. The van der Waals surface area contributed by atoms with E-state index in [2.05, 4.69) is 10.6 Å². The van der Waals surface area contributed by atoms with Crippen LogP contribution in [-0.4, -0.2) is 41.0 Å². The van der Waals surface area contributed by atoms with Crippen LogP contribution in [-0.2, 0) is 14.4 Å². The van der Waals surface area contributed by atoms with Crippen LogP contribution in [0.25, 0.3) is 0 Å². The van der Waals surface area contributed by atoms with Crippen molar-refractivity contribution in [3.05, 3.63) is 29.3 Å². The van der Waals surface area contributed by atoms with Gasteiger partial charge in [0.2, 0.25) is 5.91 Å². The molecule has 1 heterocycles. The molecule has 4 amide bonds. The molecule has 1 aromatic rings. The molecule has 0 aromatic heterocycles. The number of carbonyl (C=O) groups is 4. The first-order valence-electron chi connectivity index (χ1n) is 8.13. The second-order valence-electron chi connectivity index (χ2n) is 6.32. The van der Waals surface area contributed by atoms with Crippen molar-refractivity contribution in [2.75, 3.05) is 4.90 Å². The topological polar surface area (TPSA) is 116 Å². The zero-order valence-corrected chi connectivity index (χ0v) is 15.1. The number of carboxylic acids is 1. The second-order valence-corrected chi connectivity index (χ2v) is 6.75. The summed E-state index contributed by atoms with van der Waals surface area (Å²) >= 11 is 5.80. The predicted octanol–water partition coefficient (Wildman–Crippen LogP) is 1.77. The fourth-order valence-corrected chi connectivity index (χ4v) is 2.72. The van der Waals surface area contributed by atoms with Gasteiger partial charge in [-0.25, -0.2) is 14.5 Å². The Hall–Kier alpha value is -2.61. The van der Waals surface area contributed by atoms with Crippen LogP contribution in [0.3, 0.4) is 0 Å². The number of anilines is 1. The Bertz CT molecular complexity index is 720. The molecular weight excluding hydrogens is 362 g/mol. The van der Waals surface area contributed by atoms with Crippen molar-refractivity contribution in [3.63, 3.8) is 0 Å². The normalized spacial score (nSPS) is 18.0. The lowest BCUT2D eigenvalue weighted by molar-refractivity contribution is -0.143. The number of urea groups is 1. The van der Waals surface area contributed by atoms with Gasteiger partial charge in [0.05, 0.1) is 5.69 Å². The van der Waals surface area contributed by atoms with E-state index in [9.17, 15) is 19.2 Å². The molecule has 0 radical (unpaired) electrons. The van der Waals surface area contributed by atoms with Gasteiger partial charge < -0.3 is 15.7 Å². The number of rotatable bonds is 7. The predicted molar refractivity (Wildman–Crippen MR) is 94.9 cm³/mol. The van der Waals surface area contributed by atoms with Crippen LogP contribution in [0, 0.1) is 5.92 Å². The molecule has 0 spiro atoms. The third-order valence-electron chi connectivity index (χ3n) is 4.01. The van der Waals surface area contributed by atoms with Crippen molar-refractivity contribution in [3.8, 4) is 0 Å². The lowest BCUT2D eigenvalue weighted by Gasteiger charge is -2.18. The zero-order chi connectivity index (χ0) is 19.4. The number of carboxylic acid groups (broad SMARTS) is 1. The van der Waals surface area contributed by atoms with Gasteiger partial charge in [-0.1, -0.05) is 25.4 Å². The van der Waals surface area contributed by atoms with Gasteiger partial charge in [-0.3, -0.25) is 9.59 Å². The molecule has 26 heavy (non-hydrogen) atoms. The van der Waals surface area contributed by atoms with Gasteiger partial charge in [-0.15, -0.1) is 0 Å². The Morgan fingerprint density at radius 1 is 1.27 bits per heavy atom. The summed E-state index contributed by atoms with van der Waals surface area (Å²) in [6.07, 6.45) is -0.00737. The van der Waals surface area contributed by atoms with Crippen LogP contribution < -0.4 is 15.5 Å². The monoisotopic (exact) mass is 381 g/mol. The highest BCUT2D eigenvalue weighted by Gasteiger charge is 2.39. The lowest BCUT2D eigenvalue weighted by Crippen LogP contribution is -2.44. The molecule has 1 aromatic carbocycles.